The van der Waals surface area contributed by atoms with Crippen molar-refractivity contribution in [2.24, 2.45) is 0 Å². The second kappa shape index (κ2) is 19.6. The summed E-state index contributed by atoms with van der Waals surface area (Å²) in [5.74, 6) is -2.31. The van der Waals surface area contributed by atoms with E-state index in [0.29, 0.717) is 0 Å². The van der Waals surface area contributed by atoms with Crippen molar-refractivity contribution >= 4 is 108 Å². The van der Waals surface area contributed by atoms with Crippen LogP contribution >= 0.6 is 11.3 Å². The lowest BCUT2D eigenvalue weighted by atomic mass is 9.91. The minimum atomic E-state index is -0.937. The van der Waals surface area contributed by atoms with Gasteiger partial charge in [-0.05, 0) is 152 Å². The van der Waals surface area contributed by atoms with Crippen molar-refractivity contribution in [1.29, 1.82) is 0 Å². The maximum absolute atomic E-state index is 9.92. The number of aryl methyl sites for hydroxylation is 1. The molecule has 0 spiro atoms. The van der Waals surface area contributed by atoms with E-state index in [9.17, 15) is 12.3 Å². The number of furan rings is 1. The summed E-state index contributed by atoms with van der Waals surface area (Å²) in [6.45, 7) is 2.74. The van der Waals surface area contributed by atoms with Crippen molar-refractivity contribution in [3.8, 4) is 62.1 Å². The monoisotopic (exact) mass is 1120 g/mol. The summed E-state index contributed by atoms with van der Waals surface area (Å²) in [4.78, 5) is 13.1. The fraction of sp³-hybridized carbons (Fsp3) is 0.0260. The van der Waals surface area contributed by atoms with E-state index >= 15 is 0 Å². The van der Waals surface area contributed by atoms with E-state index in [1.807, 2.05) is 0 Å². The Morgan fingerprint density at radius 2 is 0.904 bits per heavy atom. The van der Waals surface area contributed by atoms with Crippen LogP contribution in [0.25, 0.3) is 158 Å². The normalized spacial score (nSPS) is 19.2. The van der Waals surface area contributed by atoms with Crippen molar-refractivity contribution < 1.29 is 64.7 Å². The van der Waals surface area contributed by atoms with E-state index in [4.69, 9.17) is 52.4 Å². The molecule has 390 valence electrons. The zero-order valence-corrected chi connectivity index (χ0v) is 42.9. The summed E-state index contributed by atoms with van der Waals surface area (Å²) in [7, 11) is 0. The number of nitrogens with zero attached hydrogens (tertiary/aromatic N) is 4. The van der Waals surface area contributed by atoms with Crippen LogP contribution in [-0.2, 0) is 0 Å². The number of rotatable bonds is 6. The van der Waals surface area contributed by atoms with E-state index in [0.717, 1.165) is 15.9 Å². The van der Waals surface area contributed by atoms with Crippen LogP contribution in [0.1, 0.15) is 71.4 Å². The first-order valence-corrected chi connectivity index (χ1v) is 25.4. The molecule has 4 heterocycles. The molecule has 5 nitrogen and oxygen atoms in total. The zero-order chi connectivity index (χ0) is 93.4. The smallest absolute Gasteiger partial charge is 0.164 e. The first-order valence-electron chi connectivity index (χ1n) is 46.6. The Kier molecular flexibility index (Phi) is 5.06. The average Bonchev–Trinajstić information content (AvgIpc) is 1.56. The third-order valence-corrected chi connectivity index (χ3v) is 14.3. The lowest BCUT2D eigenvalue weighted by Crippen LogP contribution is -2.00. The van der Waals surface area contributed by atoms with E-state index < -0.39 is 337 Å². The maximum Gasteiger partial charge on any atom is 0.164 e. The highest BCUT2D eigenvalue weighted by molar-refractivity contribution is 7.26. The van der Waals surface area contributed by atoms with Gasteiger partial charge in [-0.3, -0.25) is 0 Å². The van der Waals surface area contributed by atoms with E-state index in [2.05, 4.69) is 15.0 Å². The van der Waals surface area contributed by atoms with Crippen molar-refractivity contribution in [2.75, 3.05) is 0 Å². The number of thiophene rings is 1. The molecular weight excluding hydrogens is 1030 g/mol. The Bertz CT molecular complexity index is 7940. The lowest BCUT2D eigenvalue weighted by molar-refractivity contribution is 0.666. The molecule has 0 aliphatic carbocycles. The molecule has 0 saturated carbocycles. The molecule has 4 aromatic heterocycles. The molecule has 0 radical (unpaired) electrons. The number of hydrogen-bond donors (Lipinski definition) is 0. The summed E-state index contributed by atoms with van der Waals surface area (Å²) in [5.41, 5.74) is -6.64. The molecule has 0 fully saturated rings. The van der Waals surface area contributed by atoms with E-state index in [1.165, 1.54) is 13.8 Å². The van der Waals surface area contributed by atoms with Gasteiger partial charge in [-0.2, -0.15) is 0 Å². The van der Waals surface area contributed by atoms with Gasteiger partial charge in [-0.25, -0.2) is 15.0 Å². The van der Waals surface area contributed by atoms with Gasteiger partial charge >= 0.3 is 0 Å². The second-order valence-corrected chi connectivity index (χ2v) is 19.1. The van der Waals surface area contributed by atoms with Gasteiger partial charge < -0.3 is 8.98 Å². The van der Waals surface area contributed by atoms with Crippen molar-refractivity contribution in [3.63, 3.8) is 0 Å². The van der Waals surface area contributed by atoms with Gasteiger partial charge in [0, 0.05) is 64.1 Å². The predicted octanol–water partition coefficient (Wildman–Crippen LogP) is 21.3. The van der Waals surface area contributed by atoms with Gasteiger partial charge in [-0.1, -0.05) is 193 Å². The molecule has 17 aromatic rings. The van der Waals surface area contributed by atoms with Gasteiger partial charge in [0.25, 0.3) is 0 Å². The minimum Gasteiger partial charge on any atom is -0.456 e. The topological polar surface area (TPSA) is 56.7 Å². The molecule has 6 heteroatoms. The maximum atomic E-state index is 9.92. The molecule has 0 unspecified atom stereocenters. The fourth-order valence-electron chi connectivity index (χ4n) is 9.74. The quantitative estimate of drug-likeness (QED) is 0.156. The van der Waals surface area contributed by atoms with Gasteiger partial charge in [0.15, 0.2) is 17.5 Å². The van der Waals surface area contributed by atoms with Gasteiger partial charge in [0.2, 0.25) is 0 Å². The first kappa shape index (κ1) is 21.4. The first-order chi connectivity index (χ1) is 59.3. The van der Waals surface area contributed by atoms with Crippen LogP contribution in [0.3, 0.4) is 0 Å². The standard InChI is InChI=1S/C46H30N4O.C31H20S/c1-29-26-33(32-24-25-40-37(27-32)35-20-11-12-22-39(35)50(40)34-18-9-4-10-19-34)28-38-42-36(21-13-23-41(42)51-43(29)38)46-48-44(30-14-5-2-6-15-30)47-45(49-46)31-16-7-3-8-17-31;1-19-16-27(31-29(17-19)26-12-6-7-13-30(26)32-31)20-14-15-25-23-10-3-2-8-21(23)22-9-4-5-11-24(22)28(25)18-20/h2-28H,1H3;2-18H,1H3/i2D,3D,4D,5D,6D,7D,8D,9D,10D,11D,12D,13D,14D,15D,16D,17D,18D,19D,20D,21D,22D,23D,24D,25D,26D,27D,28D;2D,3D,4D,5D,6D,7D,8D,9D,10D,11D,12D,13D,14D,15D,16D,17D,18D. The second-order valence-electron chi connectivity index (χ2n) is 18.1. The predicted molar refractivity (Wildman–Crippen MR) is 350 cm³/mol. The summed E-state index contributed by atoms with van der Waals surface area (Å²) in [6, 6.07) is -32.5. The molecule has 0 aliphatic rings. The highest BCUT2D eigenvalue weighted by atomic mass is 32.1. The number of fused-ring (bicyclic) bond motifs is 15. The Morgan fingerprint density at radius 3 is 1.60 bits per heavy atom. The van der Waals surface area contributed by atoms with Crippen LogP contribution in [0.4, 0.5) is 0 Å². The van der Waals surface area contributed by atoms with Gasteiger partial charge in [0.05, 0.1) is 71.3 Å². The molecule has 0 aliphatic heterocycles. The SMILES string of the molecule is [2H]c1c([2H])c([2H])c(-c2nc(-c3c([2H])c([2H])c([2H])c([2H])c3[2H])nc(-c3c([2H])c([2H])c([2H])c4oc5c(C)c([2H])c(-c6c([2H])c([2H])c7c(c6[2H])c6c([2H])c([2H])c([2H])c([2H])c6n7-c6c([2H])c([2H])c([2H])c([2H])c6[2H])c([2H])c5c34)n2)c([2H])c1[2H].[2H]c1c([2H])c([2H])c2c(sc3c(-c4c([2H])c([2H])c5c6c([2H])c([2H])c([2H])c([2H])c6c6c([2H])c([2H])c([2H])c([2H])c6c5c4[2H])c([2H])c(C)c([2H])c32)c1[2H]. The van der Waals surface area contributed by atoms with Gasteiger partial charge in [0.1, 0.15) is 11.2 Å². The van der Waals surface area contributed by atoms with Crippen LogP contribution in [0.5, 0.6) is 0 Å². The average molecular weight is 1120 g/mol. The fourth-order valence-corrected chi connectivity index (χ4v) is 10.8. The molecule has 0 atom stereocenters. The zero-order valence-electron chi connectivity index (χ0n) is 86.1. The molecular formula is C77H50N4OS. The summed E-state index contributed by atoms with van der Waals surface area (Å²) in [5, 5.41) is -3.68. The molecule has 0 bridgehead atoms. The summed E-state index contributed by atoms with van der Waals surface area (Å²) in [6.07, 6.45) is 0. The Morgan fingerprint density at radius 1 is 0.361 bits per heavy atom. The van der Waals surface area contributed by atoms with Crippen LogP contribution in [0, 0.1) is 13.8 Å². The Hall–Kier alpha value is -10.5. The van der Waals surface area contributed by atoms with Crippen LogP contribution in [0.15, 0.2) is 270 Å². The number of hydrogen-bond acceptors (Lipinski definition) is 5. The van der Waals surface area contributed by atoms with Gasteiger partial charge in [-0.15, -0.1) is 11.3 Å². The Balaban J connectivity index is 0.000000207. The molecule has 83 heavy (non-hydrogen) atoms. The molecule has 13 aromatic carbocycles. The van der Waals surface area contributed by atoms with Crippen molar-refractivity contribution in [2.45, 2.75) is 13.8 Å². The van der Waals surface area contributed by atoms with E-state index in [1.54, 1.807) is 0 Å². The van der Waals surface area contributed by atoms with Crippen molar-refractivity contribution in [3.05, 3.63) is 277 Å². The molecule has 0 amide bonds. The number of benzene rings is 13. The highest BCUT2D eigenvalue weighted by Gasteiger charge is 2.21. The largest absolute Gasteiger partial charge is 0.456 e. The Labute approximate surface area is 544 Å². The number of aromatic nitrogens is 4. The van der Waals surface area contributed by atoms with Crippen LogP contribution < -0.4 is 0 Å². The highest BCUT2D eigenvalue weighted by Crippen LogP contribution is 2.45. The molecule has 0 saturated heterocycles. The minimum absolute atomic E-state index is 0.0202. The van der Waals surface area contributed by atoms with Crippen LogP contribution in [0.2, 0.25) is 0 Å². The van der Waals surface area contributed by atoms with E-state index in [-0.39, 0.29) is 98.5 Å². The van der Waals surface area contributed by atoms with Crippen LogP contribution in [-0.4, -0.2) is 19.5 Å². The third kappa shape index (κ3) is 8.17. The number of para-hydroxylation sites is 2. The lowest BCUT2D eigenvalue weighted by Gasteiger charge is -2.13. The third-order valence-electron chi connectivity index (χ3n) is 13.2. The molecule has 17 rings (SSSR count). The summed E-state index contributed by atoms with van der Waals surface area (Å²) < 4.78 is 394. The molecule has 0 N–H and O–H groups in total. The van der Waals surface area contributed by atoms with Crippen molar-refractivity contribution in [1.82, 2.24) is 19.5 Å². The summed E-state index contributed by atoms with van der Waals surface area (Å²) >= 11 is 0.836.